The van der Waals surface area contributed by atoms with E-state index in [0.29, 0.717) is 195 Å². The van der Waals surface area contributed by atoms with Crippen LogP contribution in [0.1, 0.15) is 111 Å². The van der Waals surface area contributed by atoms with Crippen LogP contribution in [-0.4, -0.2) is 233 Å². The van der Waals surface area contributed by atoms with E-state index in [1.165, 1.54) is 44.8 Å². The molecule has 0 radical (unpaired) electrons. The van der Waals surface area contributed by atoms with Crippen molar-refractivity contribution in [2.45, 2.75) is 109 Å². The van der Waals surface area contributed by atoms with Gasteiger partial charge in [0, 0.05) is 74.9 Å². The summed E-state index contributed by atoms with van der Waals surface area (Å²) < 4.78 is 67.9. The standard InChI is InChI=1S/C75H98N8O20/c1-49(2)71(81-70(87)19-23-94-25-27-96-29-31-98-33-35-100-37-38-101-36-34-99-32-30-97-28-26-95-24-20-76-69(86)10-7-6-9-58-63(84)17-18-64(58)85)73(89)79-50(3)72(88)80-55-15-13-52(14-16-55)54-40-57-46-78-62-44-68(66(93-5)42-60(62)75(91)83(57)48-54)103-22-8-21-102-67-43-61-59(41-65(67)92-4)74(90)82-47-53(51-11-12-51)39-56(82)45-77-61/h13-18,41-51,56-58,71H,6-12,19-40H2,1-5H3,(H,76,86)(H,79,89)(H,80,88)(H,81,87)/t50-,56-,57-,71?/m0/s1. The Labute approximate surface area is 600 Å². The molecule has 3 aromatic rings. The molecule has 0 spiro atoms. The first-order valence-electron chi connectivity index (χ1n) is 35.6. The number of ether oxygens (including phenoxy) is 12. The first-order valence-corrected chi connectivity index (χ1v) is 35.6. The van der Waals surface area contributed by atoms with Crippen molar-refractivity contribution >= 4 is 82.1 Å². The number of nitrogens with one attached hydrogen (secondary N) is 4. The fourth-order valence-corrected chi connectivity index (χ4v) is 11.9. The summed E-state index contributed by atoms with van der Waals surface area (Å²) in [6.07, 6.45) is 16.3. The van der Waals surface area contributed by atoms with Gasteiger partial charge in [0.25, 0.3) is 11.8 Å². The number of amides is 6. The third-order valence-corrected chi connectivity index (χ3v) is 17.8. The predicted octanol–water partition coefficient (Wildman–Crippen LogP) is 6.86. The molecule has 28 nitrogen and oxygen atoms in total. The Morgan fingerprint density at radius 2 is 1.02 bits per heavy atom. The number of aliphatic imine (C=N–C) groups is 2. The van der Waals surface area contributed by atoms with Crippen LogP contribution in [0.2, 0.25) is 0 Å². The second-order valence-corrected chi connectivity index (χ2v) is 25.8. The van der Waals surface area contributed by atoms with Gasteiger partial charge in [0.2, 0.25) is 23.6 Å². The lowest BCUT2D eigenvalue weighted by molar-refractivity contribution is -0.132. The Hall–Kier alpha value is -8.74. The first-order chi connectivity index (χ1) is 50.1. The zero-order chi connectivity index (χ0) is 72.9. The number of rotatable bonds is 48. The van der Waals surface area contributed by atoms with E-state index in [-0.39, 0.29) is 86.0 Å². The lowest BCUT2D eigenvalue weighted by atomic mass is 9.97. The third kappa shape index (κ3) is 23.9. The molecule has 558 valence electrons. The molecule has 0 bridgehead atoms. The molecule has 2 aliphatic carbocycles. The van der Waals surface area contributed by atoms with Gasteiger partial charge in [-0.25, -0.2) is 0 Å². The van der Waals surface area contributed by atoms with Crippen LogP contribution in [0.5, 0.6) is 23.0 Å². The summed E-state index contributed by atoms with van der Waals surface area (Å²) in [5.74, 6) is -0.663. The number of methoxy groups -OCH3 is 2. The fourth-order valence-electron chi connectivity index (χ4n) is 11.9. The molecule has 4 heterocycles. The molecule has 4 aliphatic heterocycles. The zero-order valence-electron chi connectivity index (χ0n) is 59.6. The highest BCUT2D eigenvalue weighted by Gasteiger charge is 2.39. The van der Waals surface area contributed by atoms with E-state index >= 15 is 0 Å². The minimum absolute atomic E-state index is 0.0167. The number of carbonyl (C=O) groups excluding carboxylic acids is 8. The molecule has 3 aromatic carbocycles. The van der Waals surface area contributed by atoms with Crippen molar-refractivity contribution in [3.05, 3.63) is 95.3 Å². The van der Waals surface area contributed by atoms with Gasteiger partial charge < -0.3 is 87.9 Å². The maximum absolute atomic E-state index is 14.1. The molecule has 28 heteroatoms. The summed E-state index contributed by atoms with van der Waals surface area (Å²) in [6.45, 7) is 11.9. The summed E-state index contributed by atoms with van der Waals surface area (Å²) in [6, 6.07) is 11.7. The third-order valence-electron chi connectivity index (χ3n) is 17.8. The van der Waals surface area contributed by atoms with E-state index < -0.39 is 29.8 Å². The normalized spacial score (nSPS) is 17.3. The quantitative estimate of drug-likeness (QED) is 0.0331. The van der Waals surface area contributed by atoms with E-state index in [0.717, 1.165) is 17.6 Å². The molecule has 4 N–H and O–H groups in total. The molecule has 0 aromatic heterocycles. The number of carbonyl (C=O) groups is 8. The lowest BCUT2D eigenvalue weighted by Crippen LogP contribution is -2.53. The number of fused-ring (bicyclic) bond motifs is 4. The minimum atomic E-state index is -0.937. The van der Waals surface area contributed by atoms with Crippen LogP contribution in [0.25, 0.3) is 5.57 Å². The average molecular weight is 1430 g/mol. The molecule has 6 amide bonds. The van der Waals surface area contributed by atoms with E-state index in [1.807, 2.05) is 30.7 Å². The second kappa shape index (κ2) is 40.9. The van der Waals surface area contributed by atoms with Crippen LogP contribution in [-0.2, 0) is 66.7 Å². The van der Waals surface area contributed by atoms with Gasteiger partial charge in [-0.3, -0.25) is 48.3 Å². The van der Waals surface area contributed by atoms with Gasteiger partial charge in [0.1, 0.15) is 12.1 Å². The van der Waals surface area contributed by atoms with Gasteiger partial charge in [-0.05, 0) is 104 Å². The fraction of sp³-hybridized carbons (Fsp3) is 0.547. The zero-order valence-corrected chi connectivity index (χ0v) is 59.6. The van der Waals surface area contributed by atoms with Crippen molar-refractivity contribution in [2.75, 3.05) is 145 Å². The van der Waals surface area contributed by atoms with Crippen molar-refractivity contribution in [3.63, 3.8) is 0 Å². The molecule has 1 unspecified atom stereocenters. The van der Waals surface area contributed by atoms with Gasteiger partial charge in [-0.2, -0.15) is 0 Å². The van der Waals surface area contributed by atoms with Crippen LogP contribution in [0.15, 0.2) is 88.6 Å². The van der Waals surface area contributed by atoms with Crippen LogP contribution < -0.4 is 40.2 Å². The number of unbranched alkanes of at least 4 members (excludes halogenated alkanes) is 1. The Morgan fingerprint density at radius 3 is 1.52 bits per heavy atom. The highest BCUT2D eigenvalue weighted by molar-refractivity contribution is 6.18. The lowest BCUT2D eigenvalue weighted by Gasteiger charge is -2.24. The minimum Gasteiger partial charge on any atom is -0.493 e. The number of hydrogen-bond acceptors (Lipinski definition) is 22. The first kappa shape index (κ1) is 78.4. The number of benzene rings is 3. The SMILES string of the molecule is COc1cc2c(cc1OCCCOc1cc3c(cc1OC)C(=O)N1C=C(C4CC4)C[C@H]1C=N3)N=C[C@@H]1CC(c3ccc(NC(=O)[C@H](C)NC(=O)C(NC(=O)CCOCCOCCOCCOCCOCCOCCOCCOCCNC(=O)CCCCC4C(=O)C=CC4=O)C(C)C)cc3)=CN1C2=O. The molecule has 1 fully saturated rings. The summed E-state index contributed by atoms with van der Waals surface area (Å²) in [5.41, 5.74) is 5.34. The Bertz CT molecular complexity index is 3530. The van der Waals surface area contributed by atoms with Gasteiger partial charge in [-0.15, -0.1) is 0 Å². The van der Waals surface area contributed by atoms with Gasteiger partial charge in [0.05, 0.1) is 174 Å². The summed E-state index contributed by atoms with van der Waals surface area (Å²) in [7, 11) is 3.05. The smallest absolute Gasteiger partial charge is 0.260 e. The van der Waals surface area contributed by atoms with E-state index in [9.17, 15) is 38.4 Å². The van der Waals surface area contributed by atoms with Crippen molar-refractivity contribution in [1.82, 2.24) is 25.8 Å². The molecule has 4 atom stereocenters. The molecule has 9 rings (SSSR count). The molecular formula is C75H98N8O20. The van der Waals surface area contributed by atoms with Crippen molar-refractivity contribution < 1.29 is 95.2 Å². The van der Waals surface area contributed by atoms with E-state index in [2.05, 4.69) is 21.3 Å². The highest BCUT2D eigenvalue weighted by Crippen LogP contribution is 2.45. The van der Waals surface area contributed by atoms with Gasteiger partial charge in [0.15, 0.2) is 34.6 Å². The largest absolute Gasteiger partial charge is 0.493 e. The van der Waals surface area contributed by atoms with Gasteiger partial charge >= 0.3 is 0 Å². The van der Waals surface area contributed by atoms with Crippen LogP contribution in [0.4, 0.5) is 17.1 Å². The molecule has 1 saturated carbocycles. The summed E-state index contributed by atoms with van der Waals surface area (Å²) in [4.78, 5) is 116. The van der Waals surface area contributed by atoms with Crippen molar-refractivity contribution in [3.8, 4) is 23.0 Å². The van der Waals surface area contributed by atoms with Crippen LogP contribution >= 0.6 is 0 Å². The average Bonchev–Trinajstić information content (AvgIpc) is 1.65. The van der Waals surface area contributed by atoms with Crippen LogP contribution in [0.3, 0.4) is 0 Å². The molecule has 103 heavy (non-hydrogen) atoms. The number of ketones is 2. The predicted molar refractivity (Wildman–Crippen MR) is 381 cm³/mol. The number of nitrogens with zero attached hydrogens (tertiary/aromatic N) is 4. The molecular weight excluding hydrogens is 1330 g/mol. The summed E-state index contributed by atoms with van der Waals surface area (Å²) in [5, 5.41) is 11.1. The van der Waals surface area contributed by atoms with E-state index in [1.54, 1.807) is 73.2 Å². The Morgan fingerprint density at radius 1 is 0.524 bits per heavy atom. The molecule has 0 saturated heterocycles. The summed E-state index contributed by atoms with van der Waals surface area (Å²) >= 11 is 0. The Balaban J connectivity index is 0.561. The molecule has 6 aliphatic rings. The second-order valence-electron chi connectivity index (χ2n) is 25.8. The monoisotopic (exact) mass is 1430 g/mol. The maximum Gasteiger partial charge on any atom is 0.260 e. The van der Waals surface area contributed by atoms with Gasteiger partial charge in [-0.1, -0.05) is 32.4 Å². The topological polar surface area (TPSA) is 327 Å². The number of anilines is 1. The number of hydrogen-bond donors (Lipinski definition) is 4. The maximum atomic E-state index is 14.1. The van der Waals surface area contributed by atoms with Crippen molar-refractivity contribution in [1.29, 1.82) is 0 Å². The van der Waals surface area contributed by atoms with Crippen LogP contribution in [0, 0.1) is 17.8 Å². The number of allylic oxidation sites excluding steroid dienone is 2. The van der Waals surface area contributed by atoms with E-state index in [4.69, 9.17) is 66.8 Å². The Kier molecular flexibility index (Phi) is 31.2. The highest BCUT2D eigenvalue weighted by atomic mass is 16.6. The van der Waals surface area contributed by atoms with Crippen molar-refractivity contribution in [2.24, 2.45) is 27.7 Å².